The van der Waals surface area contributed by atoms with Crippen LogP contribution in [-0.4, -0.2) is 47.3 Å². The molecule has 6 rings (SSSR count). The highest BCUT2D eigenvalue weighted by atomic mass is 16.5. The lowest BCUT2D eigenvalue weighted by Crippen LogP contribution is -2.26. The Balaban J connectivity index is 1.39. The molecule has 0 amide bonds. The number of benzene rings is 2. The molecule has 0 atom stereocenters. The van der Waals surface area contributed by atoms with Gasteiger partial charge in [-0.3, -0.25) is 4.98 Å². The van der Waals surface area contributed by atoms with E-state index in [-0.39, 0.29) is 0 Å². The summed E-state index contributed by atoms with van der Waals surface area (Å²) in [6, 6.07) is 12.0. The fraction of sp³-hybridized carbons (Fsp3) is 0.200. The number of ether oxygens (including phenoxy) is 3. The standard InChI is InChI=1S/C25H23N7O3/c1-33-21-9-17-18(10-22(21)34-2)28-13-29-24(17)32-5-6-35-20-4-3-14(7-16(20)12-32)15-8-19-23(27-11-15)31-25(26)30-19/h3-4,7-11,13H,5-6,12H2,1-2H3,(H3,26,27,30,31)/p+1. The Morgan fingerprint density at radius 1 is 1.06 bits per heavy atom. The smallest absolute Gasteiger partial charge is 0.349 e. The Hall–Kier alpha value is -4.60. The van der Waals surface area contributed by atoms with Gasteiger partial charge in [-0.15, -0.1) is 0 Å². The minimum absolute atomic E-state index is 0.380. The molecule has 10 nitrogen and oxygen atoms in total. The Labute approximate surface area is 200 Å². The van der Waals surface area contributed by atoms with Crippen LogP contribution in [0.3, 0.4) is 0 Å². The Morgan fingerprint density at radius 2 is 1.91 bits per heavy atom. The number of nitrogens with two attached hydrogens (primary N) is 1. The van der Waals surface area contributed by atoms with Crippen LogP contribution in [0.25, 0.3) is 33.2 Å². The monoisotopic (exact) mass is 470 g/mol. The molecule has 0 aliphatic carbocycles. The van der Waals surface area contributed by atoms with E-state index in [0.29, 0.717) is 37.1 Å². The zero-order valence-corrected chi connectivity index (χ0v) is 19.3. The Kier molecular flexibility index (Phi) is 4.98. The molecular formula is C25H24N7O3+. The number of H-pyrrole nitrogens is 2. The fourth-order valence-electron chi connectivity index (χ4n) is 4.51. The first-order chi connectivity index (χ1) is 17.1. The summed E-state index contributed by atoms with van der Waals surface area (Å²) in [4.78, 5) is 21.8. The van der Waals surface area contributed by atoms with Crippen LogP contribution in [0.1, 0.15) is 5.56 Å². The lowest BCUT2D eigenvalue weighted by molar-refractivity contribution is -0.346. The summed E-state index contributed by atoms with van der Waals surface area (Å²) in [5.41, 5.74) is 11.3. The number of nitrogens with one attached hydrogen (secondary N) is 2. The summed E-state index contributed by atoms with van der Waals surface area (Å²) < 4.78 is 17.1. The molecule has 1 aliphatic rings. The third-order valence-corrected chi connectivity index (χ3v) is 6.21. The number of nitrogens with zero attached hydrogens (tertiary/aromatic N) is 4. The Morgan fingerprint density at radius 3 is 2.77 bits per heavy atom. The van der Waals surface area contributed by atoms with Crippen molar-refractivity contribution >= 4 is 33.8 Å². The van der Waals surface area contributed by atoms with Crippen molar-refractivity contribution in [3.05, 3.63) is 54.5 Å². The number of aromatic amines is 2. The van der Waals surface area contributed by atoms with Crippen molar-refractivity contribution < 1.29 is 19.2 Å². The van der Waals surface area contributed by atoms with E-state index in [1.807, 2.05) is 30.5 Å². The molecule has 0 fully saturated rings. The van der Waals surface area contributed by atoms with Crippen LogP contribution in [-0.2, 0) is 6.54 Å². The number of anilines is 2. The average Bonchev–Trinajstić information content (AvgIpc) is 3.13. The topological polar surface area (TPSA) is 126 Å². The molecule has 35 heavy (non-hydrogen) atoms. The van der Waals surface area contributed by atoms with Gasteiger partial charge >= 0.3 is 11.6 Å². The van der Waals surface area contributed by atoms with E-state index in [9.17, 15) is 0 Å². The van der Waals surface area contributed by atoms with E-state index in [4.69, 9.17) is 19.9 Å². The molecule has 2 aromatic carbocycles. The van der Waals surface area contributed by atoms with Crippen LogP contribution in [0.2, 0.25) is 0 Å². The van der Waals surface area contributed by atoms with Crippen molar-refractivity contribution in [1.82, 2.24) is 19.9 Å². The molecular weight excluding hydrogens is 446 g/mol. The second kappa shape index (κ2) is 8.32. The zero-order valence-electron chi connectivity index (χ0n) is 19.3. The predicted molar refractivity (Wildman–Crippen MR) is 132 cm³/mol. The molecule has 0 bridgehead atoms. The van der Waals surface area contributed by atoms with E-state index >= 15 is 0 Å². The van der Waals surface area contributed by atoms with Gasteiger partial charge < -0.3 is 24.8 Å². The molecule has 0 unspecified atom stereocenters. The average molecular weight is 471 g/mol. The summed E-state index contributed by atoms with van der Waals surface area (Å²) >= 11 is 0. The molecule has 176 valence electrons. The van der Waals surface area contributed by atoms with E-state index in [2.05, 4.69) is 42.0 Å². The maximum atomic E-state index is 6.09. The minimum Gasteiger partial charge on any atom is -0.493 e. The third-order valence-electron chi connectivity index (χ3n) is 6.21. The van der Waals surface area contributed by atoms with E-state index < -0.39 is 0 Å². The molecule has 5 aromatic rings. The number of rotatable bonds is 4. The molecule has 4 N–H and O–H groups in total. The van der Waals surface area contributed by atoms with Crippen molar-refractivity contribution in [3.63, 3.8) is 0 Å². The zero-order chi connectivity index (χ0) is 23.9. The highest BCUT2D eigenvalue weighted by Crippen LogP contribution is 2.36. The maximum absolute atomic E-state index is 6.09. The number of hydrogen-bond acceptors (Lipinski definition) is 8. The number of methoxy groups -OCH3 is 2. The van der Waals surface area contributed by atoms with Gasteiger partial charge in [0, 0.05) is 29.1 Å². The van der Waals surface area contributed by atoms with Gasteiger partial charge in [-0.05, 0) is 34.8 Å². The number of pyridine rings is 1. The number of aromatic nitrogens is 5. The first-order valence-electron chi connectivity index (χ1n) is 11.2. The van der Waals surface area contributed by atoms with Crippen molar-refractivity contribution in [1.29, 1.82) is 0 Å². The minimum atomic E-state index is 0.380. The van der Waals surface area contributed by atoms with Gasteiger partial charge in [0.05, 0.1) is 32.5 Å². The summed E-state index contributed by atoms with van der Waals surface area (Å²) in [6.45, 7) is 1.85. The van der Waals surface area contributed by atoms with Crippen LogP contribution in [0.5, 0.6) is 17.2 Å². The van der Waals surface area contributed by atoms with Gasteiger partial charge in [-0.1, -0.05) is 6.07 Å². The van der Waals surface area contributed by atoms with Crippen LogP contribution >= 0.6 is 0 Å². The van der Waals surface area contributed by atoms with Gasteiger partial charge in [0.1, 0.15) is 30.0 Å². The SMILES string of the molecule is COc1cc2ncnc(N3CCOc4ccc(-c5c[nH+]c6nc(N)[nH]c6c5)cc4C3)c2cc1OC. The normalized spacial score (nSPS) is 13.4. The van der Waals surface area contributed by atoms with Gasteiger partial charge in [0.15, 0.2) is 11.5 Å². The largest absolute Gasteiger partial charge is 0.493 e. The van der Waals surface area contributed by atoms with E-state index in [1.54, 1.807) is 20.5 Å². The van der Waals surface area contributed by atoms with Crippen molar-refractivity contribution in [2.75, 3.05) is 38.0 Å². The Bertz CT molecular complexity index is 1570. The van der Waals surface area contributed by atoms with Crippen molar-refractivity contribution in [2.24, 2.45) is 0 Å². The summed E-state index contributed by atoms with van der Waals surface area (Å²) in [5.74, 6) is 3.33. The van der Waals surface area contributed by atoms with Gasteiger partial charge in [0.25, 0.3) is 0 Å². The van der Waals surface area contributed by atoms with Crippen LogP contribution in [0.15, 0.2) is 48.9 Å². The lowest BCUT2D eigenvalue weighted by atomic mass is 10.0. The summed E-state index contributed by atoms with van der Waals surface area (Å²) in [6.07, 6.45) is 3.51. The second-order valence-corrected chi connectivity index (χ2v) is 8.29. The lowest BCUT2D eigenvalue weighted by Gasteiger charge is -2.23. The molecule has 10 heteroatoms. The summed E-state index contributed by atoms with van der Waals surface area (Å²) in [7, 11) is 3.24. The van der Waals surface area contributed by atoms with Crippen LogP contribution in [0, 0.1) is 0 Å². The number of nitrogen functional groups attached to an aromatic ring is 1. The first kappa shape index (κ1) is 21.0. The van der Waals surface area contributed by atoms with E-state index in [1.165, 1.54) is 0 Å². The maximum Gasteiger partial charge on any atom is 0.349 e. The molecule has 3 aromatic heterocycles. The number of hydrogen-bond donors (Lipinski definition) is 2. The van der Waals surface area contributed by atoms with E-state index in [0.717, 1.165) is 50.3 Å². The highest BCUT2D eigenvalue weighted by Gasteiger charge is 2.21. The van der Waals surface area contributed by atoms with Gasteiger partial charge in [0.2, 0.25) is 0 Å². The molecule has 0 saturated carbocycles. The van der Waals surface area contributed by atoms with Gasteiger partial charge in [-0.2, -0.15) is 0 Å². The second-order valence-electron chi connectivity index (χ2n) is 8.29. The molecule has 0 saturated heterocycles. The molecule has 4 heterocycles. The highest BCUT2D eigenvalue weighted by molar-refractivity contribution is 5.92. The predicted octanol–water partition coefficient (Wildman–Crippen LogP) is 2.99. The third kappa shape index (κ3) is 3.68. The van der Waals surface area contributed by atoms with Gasteiger partial charge in [-0.25, -0.2) is 15.0 Å². The summed E-state index contributed by atoms with van der Waals surface area (Å²) in [5, 5.41) is 0.890. The number of fused-ring (bicyclic) bond motifs is 3. The number of imidazole rings is 1. The van der Waals surface area contributed by atoms with Crippen molar-refractivity contribution in [2.45, 2.75) is 6.54 Å². The molecule has 0 spiro atoms. The van der Waals surface area contributed by atoms with Crippen LogP contribution in [0.4, 0.5) is 11.8 Å². The quantitative estimate of drug-likeness (QED) is 0.411. The molecule has 1 aliphatic heterocycles. The van der Waals surface area contributed by atoms with Crippen LogP contribution < -0.4 is 29.8 Å². The first-order valence-corrected chi connectivity index (χ1v) is 11.2. The van der Waals surface area contributed by atoms with Crippen molar-refractivity contribution in [3.8, 4) is 28.4 Å². The fourth-order valence-corrected chi connectivity index (χ4v) is 4.51. The molecule has 0 radical (unpaired) electrons.